The highest BCUT2D eigenvalue weighted by atomic mass is 19.4. The number of benzene rings is 2. The molecule has 0 spiro atoms. The van der Waals surface area contributed by atoms with E-state index in [1.54, 1.807) is 0 Å². The molecule has 0 saturated carbocycles. The van der Waals surface area contributed by atoms with Crippen LogP contribution in [0.1, 0.15) is 22.7 Å². The van der Waals surface area contributed by atoms with Crippen LogP contribution in [-0.2, 0) is 6.18 Å². The zero-order valence-electron chi connectivity index (χ0n) is 11.0. The van der Waals surface area contributed by atoms with Crippen molar-refractivity contribution in [2.24, 2.45) is 0 Å². The first-order valence-electron chi connectivity index (χ1n) is 6.12. The van der Waals surface area contributed by atoms with Crippen LogP contribution in [0, 0.1) is 11.6 Å². The van der Waals surface area contributed by atoms with Crippen molar-refractivity contribution >= 4 is 0 Å². The van der Waals surface area contributed by atoms with E-state index < -0.39 is 29.4 Å². The van der Waals surface area contributed by atoms with Crippen molar-refractivity contribution in [2.45, 2.75) is 12.2 Å². The number of halogens is 5. The fraction of sp³-hybridized carbons (Fsp3) is 0.200. The van der Waals surface area contributed by atoms with Crippen LogP contribution < -0.4 is 5.32 Å². The van der Waals surface area contributed by atoms with E-state index in [1.165, 1.54) is 25.2 Å². The molecule has 0 aliphatic rings. The molecule has 0 aliphatic carbocycles. The molecule has 6 heteroatoms. The Labute approximate surface area is 118 Å². The average Bonchev–Trinajstić information content (AvgIpc) is 2.40. The first kappa shape index (κ1) is 15.4. The zero-order chi connectivity index (χ0) is 15.6. The lowest BCUT2D eigenvalue weighted by Crippen LogP contribution is -2.20. The van der Waals surface area contributed by atoms with Gasteiger partial charge in [-0.1, -0.05) is 12.1 Å². The van der Waals surface area contributed by atoms with E-state index in [1.807, 2.05) is 0 Å². The predicted octanol–water partition coefficient (Wildman–Crippen LogP) is 4.29. The maximum Gasteiger partial charge on any atom is 0.416 e. The number of hydrogen-bond acceptors (Lipinski definition) is 1. The Morgan fingerprint density at radius 1 is 1.00 bits per heavy atom. The fourth-order valence-corrected chi connectivity index (χ4v) is 2.13. The number of alkyl halides is 3. The van der Waals surface area contributed by atoms with Gasteiger partial charge >= 0.3 is 6.18 Å². The molecule has 21 heavy (non-hydrogen) atoms. The van der Waals surface area contributed by atoms with Gasteiger partial charge in [-0.05, 0) is 42.9 Å². The van der Waals surface area contributed by atoms with Crippen molar-refractivity contribution in [2.75, 3.05) is 7.05 Å². The Bertz CT molecular complexity index is 636. The van der Waals surface area contributed by atoms with Gasteiger partial charge in [0.2, 0.25) is 0 Å². The Hall–Kier alpha value is -1.95. The summed E-state index contributed by atoms with van der Waals surface area (Å²) in [5.41, 5.74) is -0.788. The summed E-state index contributed by atoms with van der Waals surface area (Å²) in [6.07, 6.45) is -4.57. The quantitative estimate of drug-likeness (QED) is 0.834. The van der Waals surface area contributed by atoms with Gasteiger partial charge in [0, 0.05) is 5.56 Å². The van der Waals surface area contributed by atoms with Crippen LogP contribution in [0.4, 0.5) is 22.0 Å². The number of hydrogen-bond donors (Lipinski definition) is 1. The van der Waals surface area contributed by atoms with Gasteiger partial charge in [0.05, 0.1) is 11.6 Å². The standard InChI is InChI=1S/C15H12F5N/c1-21-14(9-3-2-4-11(16)7-9)12-8-10(15(18,19)20)5-6-13(12)17/h2-8,14,21H,1H3. The zero-order valence-corrected chi connectivity index (χ0v) is 11.0. The monoisotopic (exact) mass is 301 g/mol. The summed E-state index contributed by atoms with van der Waals surface area (Å²) in [7, 11) is 1.47. The fourth-order valence-electron chi connectivity index (χ4n) is 2.13. The van der Waals surface area contributed by atoms with E-state index >= 15 is 0 Å². The Morgan fingerprint density at radius 3 is 2.29 bits per heavy atom. The van der Waals surface area contributed by atoms with Gasteiger partial charge in [-0.2, -0.15) is 13.2 Å². The molecular formula is C15H12F5N. The highest BCUT2D eigenvalue weighted by molar-refractivity contribution is 5.36. The SMILES string of the molecule is CNC(c1cccc(F)c1)c1cc(C(F)(F)F)ccc1F. The van der Waals surface area contributed by atoms with Crippen molar-refractivity contribution in [1.29, 1.82) is 0 Å². The van der Waals surface area contributed by atoms with Gasteiger partial charge in [-0.15, -0.1) is 0 Å². The van der Waals surface area contributed by atoms with Crippen molar-refractivity contribution < 1.29 is 22.0 Å². The van der Waals surface area contributed by atoms with Crippen molar-refractivity contribution in [3.8, 4) is 0 Å². The van der Waals surface area contributed by atoms with Crippen LogP contribution in [0.25, 0.3) is 0 Å². The summed E-state index contributed by atoms with van der Waals surface area (Å²) in [5.74, 6) is -1.33. The Balaban J connectivity index is 2.52. The second-order valence-corrected chi connectivity index (χ2v) is 4.51. The largest absolute Gasteiger partial charge is 0.416 e. The second kappa shape index (κ2) is 5.81. The Morgan fingerprint density at radius 2 is 1.71 bits per heavy atom. The molecule has 0 bridgehead atoms. The lowest BCUT2D eigenvalue weighted by Gasteiger charge is -2.19. The van der Waals surface area contributed by atoms with Crippen molar-refractivity contribution in [3.63, 3.8) is 0 Å². The minimum atomic E-state index is -4.57. The minimum absolute atomic E-state index is 0.182. The van der Waals surface area contributed by atoms with Crippen molar-refractivity contribution in [1.82, 2.24) is 5.32 Å². The average molecular weight is 301 g/mol. The number of nitrogens with one attached hydrogen (secondary N) is 1. The van der Waals surface area contributed by atoms with Gasteiger partial charge in [0.1, 0.15) is 11.6 Å². The molecule has 0 aromatic heterocycles. The summed E-state index contributed by atoms with van der Waals surface area (Å²) in [6, 6.07) is 6.60. The van der Waals surface area contributed by atoms with Gasteiger partial charge < -0.3 is 5.32 Å². The summed E-state index contributed by atoms with van der Waals surface area (Å²) >= 11 is 0. The van der Waals surface area contributed by atoms with Crippen LogP contribution in [0.5, 0.6) is 0 Å². The first-order chi connectivity index (χ1) is 9.82. The molecule has 0 saturated heterocycles. The summed E-state index contributed by atoms with van der Waals surface area (Å²) in [6.45, 7) is 0. The van der Waals surface area contributed by atoms with E-state index in [0.29, 0.717) is 11.6 Å². The smallest absolute Gasteiger partial charge is 0.309 e. The van der Waals surface area contributed by atoms with E-state index in [-0.39, 0.29) is 5.56 Å². The van der Waals surface area contributed by atoms with Crippen LogP contribution in [-0.4, -0.2) is 7.05 Å². The van der Waals surface area contributed by atoms with Gasteiger partial charge in [0.25, 0.3) is 0 Å². The topological polar surface area (TPSA) is 12.0 Å². The molecule has 0 amide bonds. The highest BCUT2D eigenvalue weighted by Crippen LogP contribution is 2.33. The number of rotatable bonds is 3. The predicted molar refractivity (Wildman–Crippen MR) is 68.7 cm³/mol. The molecule has 0 heterocycles. The van der Waals surface area contributed by atoms with Crippen LogP contribution in [0.3, 0.4) is 0 Å². The van der Waals surface area contributed by atoms with E-state index in [0.717, 1.165) is 18.2 Å². The van der Waals surface area contributed by atoms with Crippen molar-refractivity contribution in [3.05, 3.63) is 70.8 Å². The van der Waals surface area contributed by atoms with Gasteiger partial charge in [0.15, 0.2) is 0 Å². The molecule has 0 radical (unpaired) electrons. The summed E-state index contributed by atoms with van der Waals surface area (Å²) < 4.78 is 65.3. The molecule has 2 aromatic carbocycles. The van der Waals surface area contributed by atoms with Crippen LogP contribution in [0.15, 0.2) is 42.5 Å². The molecule has 1 atom stereocenters. The molecule has 2 aromatic rings. The lowest BCUT2D eigenvalue weighted by atomic mass is 9.96. The first-order valence-corrected chi connectivity index (χ1v) is 6.12. The van der Waals surface area contributed by atoms with Gasteiger partial charge in [-0.25, -0.2) is 8.78 Å². The van der Waals surface area contributed by atoms with Crippen LogP contribution >= 0.6 is 0 Å². The highest BCUT2D eigenvalue weighted by Gasteiger charge is 2.32. The Kier molecular flexibility index (Phi) is 4.27. The van der Waals surface area contributed by atoms with E-state index in [9.17, 15) is 22.0 Å². The van der Waals surface area contributed by atoms with Gasteiger partial charge in [-0.3, -0.25) is 0 Å². The minimum Gasteiger partial charge on any atom is -0.309 e. The second-order valence-electron chi connectivity index (χ2n) is 4.51. The molecule has 112 valence electrons. The molecule has 1 N–H and O–H groups in total. The normalized spacial score (nSPS) is 13.2. The molecule has 2 rings (SSSR count). The van der Waals surface area contributed by atoms with E-state index in [2.05, 4.69) is 5.32 Å². The van der Waals surface area contributed by atoms with Crippen LogP contribution in [0.2, 0.25) is 0 Å². The molecule has 1 nitrogen and oxygen atoms in total. The summed E-state index contributed by atoms with van der Waals surface area (Å²) in [4.78, 5) is 0. The molecule has 0 aliphatic heterocycles. The maximum atomic E-state index is 13.9. The molecular weight excluding hydrogens is 289 g/mol. The third kappa shape index (κ3) is 3.39. The maximum absolute atomic E-state index is 13.9. The third-order valence-corrected chi connectivity index (χ3v) is 3.11. The lowest BCUT2D eigenvalue weighted by molar-refractivity contribution is -0.137. The third-order valence-electron chi connectivity index (χ3n) is 3.11. The molecule has 0 fully saturated rings. The summed E-state index contributed by atoms with van der Waals surface area (Å²) in [5, 5.41) is 2.71. The van der Waals surface area contributed by atoms with E-state index in [4.69, 9.17) is 0 Å². The molecule has 1 unspecified atom stereocenters.